The SMILES string of the molecule is CON1C=CCC(OC)(OC)C(OC)(OC)N1OC. The van der Waals surface area contributed by atoms with E-state index in [1.807, 2.05) is 0 Å². The van der Waals surface area contributed by atoms with Crippen LogP contribution in [0.25, 0.3) is 0 Å². The summed E-state index contributed by atoms with van der Waals surface area (Å²) in [5, 5.41) is 2.55. The Labute approximate surface area is 113 Å². The predicted octanol–water partition coefficient (Wildman–Crippen LogP) is 0.481. The van der Waals surface area contributed by atoms with E-state index in [-0.39, 0.29) is 0 Å². The summed E-state index contributed by atoms with van der Waals surface area (Å²) in [6.45, 7) is 0. The molecule has 19 heavy (non-hydrogen) atoms. The molecule has 1 rings (SSSR count). The van der Waals surface area contributed by atoms with E-state index in [0.29, 0.717) is 6.42 Å². The van der Waals surface area contributed by atoms with E-state index < -0.39 is 11.7 Å². The Morgan fingerprint density at radius 2 is 1.42 bits per heavy atom. The molecule has 112 valence electrons. The predicted molar refractivity (Wildman–Crippen MR) is 65.0 cm³/mol. The van der Waals surface area contributed by atoms with Crippen molar-refractivity contribution in [2.45, 2.75) is 18.1 Å². The highest BCUT2D eigenvalue weighted by atomic mass is 16.9. The first-order chi connectivity index (χ1) is 9.11. The van der Waals surface area contributed by atoms with Gasteiger partial charge in [0, 0.05) is 41.1 Å². The highest BCUT2D eigenvalue weighted by Gasteiger charge is 2.62. The van der Waals surface area contributed by atoms with Crippen LogP contribution >= 0.6 is 0 Å². The van der Waals surface area contributed by atoms with Crippen LogP contribution in [-0.4, -0.2) is 64.7 Å². The molecule has 0 amide bonds. The van der Waals surface area contributed by atoms with Crippen LogP contribution in [0.15, 0.2) is 12.3 Å². The van der Waals surface area contributed by atoms with Gasteiger partial charge in [-0.25, -0.2) is 0 Å². The molecule has 0 bridgehead atoms. The van der Waals surface area contributed by atoms with Gasteiger partial charge in [-0.05, 0) is 5.17 Å². The fraction of sp³-hybridized carbons (Fsp3) is 0.818. The average molecular weight is 278 g/mol. The summed E-state index contributed by atoms with van der Waals surface area (Å²) in [5.74, 6) is -2.74. The van der Waals surface area contributed by atoms with Gasteiger partial charge >= 0.3 is 5.91 Å². The van der Waals surface area contributed by atoms with Crippen LogP contribution in [0.1, 0.15) is 6.42 Å². The molecule has 0 aliphatic carbocycles. The van der Waals surface area contributed by atoms with Gasteiger partial charge in [0.1, 0.15) is 0 Å². The summed E-state index contributed by atoms with van der Waals surface area (Å²) in [7, 11) is 8.86. The van der Waals surface area contributed by atoms with Crippen molar-refractivity contribution in [3.8, 4) is 0 Å². The quantitative estimate of drug-likeness (QED) is 0.650. The van der Waals surface area contributed by atoms with Gasteiger partial charge in [0.05, 0.1) is 14.2 Å². The lowest BCUT2D eigenvalue weighted by molar-refractivity contribution is -0.548. The molecular formula is C11H22N2O6. The third kappa shape index (κ3) is 2.36. The van der Waals surface area contributed by atoms with Crippen LogP contribution in [0.2, 0.25) is 0 Å². The summed E-state index contributed by atoms with van der Waals surface area (Å²) in [4.78, 5) is 10.5. The van der Waals surface area contributed by atoms with E-state index >= 15 is 0 Å². The minimum atomic E-state index is -1.50. The van der Waals surface area contributed by atoms with E-state index in [1.165, 1.54) is 53.0 Å². The Morgan fingerprint density at radius 3 is 1.79 bits per heavy atom. The second-order valence-corrected chi connectivity index (χ2v) is 3.68. The molecule has 0 saturated carbocycles. The van der Waals surface area contributed by atoms with Crippen molar-refractivity contribution in [3.63, 3.8) is 0 Å². The summed E-state index contributed by atoms with van der Waals surface area (Å²) in [6.07, 6.45) is 3.81. The van der Waals surface area contributed by atoms with Crippen molar-refractivity contribution in [2.75, 3.05) is 42.7 Å². The van der Waals surface area contributed by atoms with Crippen molar-refractivity contribution < 1.29 is 28.6 Å². The molecule has 1 heterocycles. The first-order valence-corrected chi connectivity index (χ1v) is 5.66. The molecule has 0 unspecified atom stereocenters. The fourth-order valence-electron chi connectivity index (χ4n) is 2.16. The van der Waals surface area contributed by atoms with Crippen LogP contribution in [0.3, 0.4) is 0 Å². The molecule has 0 fully saturated rings. The molecule has 0 aromatic carbocycles. The molecule has 0 spiro atoms. The molecule has 0 N–H and O–H groups in total. The average Bonchev–Trinajstić information content (AvgIpc) is 2.60. The third-order valence-corrected chi connectivity index (χ3v) is 3.10. The molecule has 1 aliphatic heterocycles. The van der Waals surface area contributed by atoms with Gasteiger partial charge < -0.3 is 18.9 Å². The van der Waals surface area contributed by atoms with E-state index in [0.717, 1.165) is 0 Å². The highest BCUT2D eigenvalue weighted by Crippen LogP contribution is 2.40. The Hall–Kier alpha value is -0.740. The van der Waals surface area contributed by atoms with E-state index in [1.54, 1.807) is 12.3 Å². The smallest absolute Gasteiger partial charge is 0.329 e. The summed E-state index contributed by atoms with van der Waals surface area (Å²) in [6, 6.07) is 0. The zero-order valence-corrected chi connectivity index (χ0v) is 12.2. The lowest BCUT2D eigenvalue weighted by Crippen LogP contribution is -2.69. The van der Waals surface area contributed by atoms with Gasteiger partial charge in [-0.1, -0.05) is 6.08 Å². The van der Waals surface area contributed by atoms with Gasteiger partial charge in [-0.3, -0.25) is 9.68 Å². The number of rotatable bonds is 6. The molecular weight excluding hydrogens is 256 g/mol. The monoisotopic (exact) mass is 278 g/mol. The van der Waals surface area contributed by atoms with Crippen LogP contribution in [-0.2, 0) is 28.6 Å². The van der Waals surface area contributed by atoms with Gasteiger partial charge in [-0.2, -0.15) is 5.17 Å². The topological polar surface area (TPSA) is 61.9 Å². The fourth-order valence-corrected chi connectivity index (χ4v) is 2.16. The van der Waals surface area contributed by atoms with Crippen molar-refractivity contribution in [3.05, 3.63) is 12.3 Å². The first-order valence-electron chi connectivity index (χ1n) is 5.66. The molecule has 8 nitrogen and oxygen atoms in total. The van der Waals surface area contributed by atoms with Gasteiger partial charge in [0.2, 0.25) is 5.79 Å². The molecule has 0 atom stereocenters. The van der Waals surface area contributed by atoms with Crippen LogP contribution in [0.4, 0.5) is 0 Å². The van der Waals surface area contributed by atoms with Crippen LogP contribution < -0.4 is 0 Å². The van der Waals surface area contributed by atoms with E-state index in [2.05, 4.69) is 0 Å². The van der Waals surface area contributed by atoms with Crippen molar-refractivity contribution >= 4 is 0 Å². The zero-order chi connectivity index (χ0) is 14.5. The largest absolute Gasteiger partial charge is 0.347 e. The highest BCUT2D eigenvalue weighted by molar-refractivity contribution is 4.97. The zero-order valence-electron chi connectivity index (χ0n) is 12.2. The maximum Gasteiger partial charge on any atom is 0.329 e. The summed E-state index contributed by atoms with van der Waals surface area (Å²) < 4.78 is 22.0. The Morgan fingerprint density at radius 1 is 0.842 bits per heavy atom. The first kappa shape index (κ1) is 16.3. The maximum atomic E-state index is 5.51. The van der Waals surface area contributed by atoms with E-state index in [9.17, 15) is 0 Å². The molecule has 0 aromatic heterocycles. The molecule has 0 radical (unpaired) electrons. The lowest BCUT2D eigenvalue weighted by atomic mass is 10.1. The van der Waals surface area contributed by atoms with Gasteiger partial charge in [-0.15, -0.1) is 0 Å². The van der Waals surface area contributed by atoms with Crippen molar-refractivity contribution in [1.82, 2.24) is 10.3 Å². The number of hydrazine groups is 1. The second kappa shape index (κ2) is 6.62. The molecule has 8 heteroatoms. The number of ether oxygens (including phenoxy) is 4. The molecule has 0 saturated heterocycles. The minimum Gasteiger partial charge on any atom is -0.347 e. The Balaban J connectivity index is 3.37. The summed E-state index contributed by atoms with van der Waals surface area (Å²) in [5.41, 5.74) is 0. The van der Waals surface area contributed by atoms with Crippen LogP contribution in [0.5, 0.6) is 0 Å². The van der Waals surface area contributed by atoms with Crippen LogP contribution in [0, 0.1) is 0 Å². The lowest BCUT2D eigenvalue weighted by Gasteiger charge is -2.49. The van der Waals surface area contributed by atoms with Gasteiger partial charge in [0.25, 0.3) is 0 Å². The number of hydrogen-bond donors (Lipinski definition) is 0. The van der Waals surface area contributed by atoms with Crippen molar-refractivity contribution in [1.29, 1.82) is 0 Å². The number of methoxy groups -OCH3 is 4. The molecule has 0 aromatic rings. The molecule has 1 aliphatic rings. The number of hydrogen-bond acceptors (Lipinski definition) is 8. The van der Waals surface area contributed by atoms with Crippen molar-refractivity contribution in [2.24, 2.45) is 0 Å². The number of nitrogens with zero attached hydrogens (tertiary/aromatic N) is 2. The maximum absolute atomic E-state index is 5.51. The number of hydroxylamine groups is 2. The Kier molecular flexibility index (Phi) is 5.68. The Bertz CT molecular complexity index is 304. The van der Waals surface area contributed by atoms with E-state index in [4.69, 9.17) is 28.6 Å². The normalized spacial score (nSPS) is 22.5. The third-order valence-electron chi connectivity index (χ3n) is 3.10. The second-order valence-electron chi connectivity index (χ2n) is 3.68. The minimum absolute atomic E-state index is 0.363. The summed E-state index contributed by atoms with van der Waals surface area (Å²) >= 11 is 0. The van der Waals surface area contributed by atoms with Gasteiger partial charge in [0.15, 0.2) is 0 Å². The standard InChI is InChI=1S/C11H22N2O6/c1-14-10(15-2)8-7-9-12(18-5)13(19-6)11(10,16-3)17-4/h7,9H,8H2,1-6H3.